The van der Waals surface area contributed by atoms with Crippen molar-refractivity contribution in [3.8, 4) is 0 Å². The third-order valence-corrected chi connectivity index (χ3v) is 4.04. The van der Waals surface area contributed by atoms with Gasteiger partial charge >= 0.3 is 0 Å². The van der Waals surface area contributed by atoms with Crippen molar-refractivity contribution in [2.45, 2.75) is 30.9 Å². The largest absolute Gasteiger partial charge is 0.387 e. The monoisotopic (exact) mass is 232 g/mol. The summed E-state index contributed by atoms with van der Waals surface area (Å²) in [6.45, 7) is 2.68. The van der Waals surface area contributed by atoms with Gasteiger partial charge in [0, 0.05) is 6.54 Å². The fraction of sp³-hybridized carbons (Fsp3) is 0.571. The Labute approximate surface area is 102 Å². The van der Waals surface area contributed by atoms with E-state index >= 15 is 0 Å². The zero-order valence-corrected chi connectivity index (χ0v) is 10.1. The lowest BCUT2D eigenvalue weighted by molar-refractivity contribution is -0.0216. The maximum Gasteiger partial charge on any atom is 0.0965 e. The van der Waals surface area contributed by atoms with Gasteiger partial charge in [0.05, 0.1) is 11.6 Å². The molecule has 1 aromatic carbocycles. The first-order chi connectivity index (χ1) is 8.30. The Balaban J connectivity index is 1.94. The van der Waals surface area contributed by atoms with Crippen molar-refractivity contribution in [3.63, 3.8) is 0 Å². The number of piperidine rings is 1. The van der Waals surface area contributed by atoms with Crippen LogP contribution in [-0.2, 0) is 6.42 Å². The summed E-state index contributed by atoms with van der Waals surface area (Å²) in [4.78, 5) is 0. The molecule has 0 amide bonds. The van der Waals surface area contributed by atoms with Crippen molar-refractivity contribution < 1.29 is 5.11 Å². The van der Waals surface area contributed by atoms with E-state index in [0.29, 0.717) is 6.54 Å². The average Bonchev–Trinajstić information content (AvgIpc) is 2.39. The summed E-state index contributed by atoms with van der Waals surface area (Å²) in [6, 6.07) is 8.57. The summed E-state index contributed by atoms with van der Waals surface area (Å²) < 4.78 is 0. The number of benzene rings is 1. The normalized spacial score (nSPS) is 33.1. The zero-order valence-electron chi connectivity index (χ0n) is 10.1. The van der Waals surface area contributed by atoms with Gasteiger partial charge in [0.1, 0.15) is 0 Å². The van der Waals surface area contributed by atoms with Crippen LogP contribution >= 0.6 is 0 Å². The zero-order chi connectivity index (χ0) is 11.7. The number of hydrogen-bond acceptors (Lipinski definition) is 3. The van der Waals surface area contributed by atoms with E-state index in [1.54, 1.807) is 0 Å². The minimum Gasteiger partial charge on any atom is -0.387 e. The van der Waals surface area contributed by atoms with Crippen LogP contribution in [0.25, 0.3) is 0 Å². The summed E-state index contributed by atoms with van der Waals surface area (Å²) in [5, 5.41) is 17.6. The number of rotatable bonds is 1. The molecule has 1 aromatic rings. The quantitative estimate of drug-likeness (QED) is 0.676. The van der Waals surface area contributed by atoms with E-state index in [-0.39, 0.29) is 6.04 Å². The smallest absolute Gasteiger partial charge is 0.0965 e. The van der Waals surface area contributed by atoms with Crippen LogP contribution in [0.3, 0.4) is 0 Å². The Morgan fingerprint density at radius 3 is 2.94 bits per heavy atom. The van der Waals surface area contributed by atoms with Crippen LogP contribution in [0.4, 0.5) is 0 Å². The van der Waals surface area contributed by atoms with Crippen molar-refractivity contribution in [2.75, 3.05) is 19.6 Å². The van der Waals surface area contributed by atoms with Crippen LogP contribution in [0.2, 0.25) is 0 Å². The summed E-state index contributed by atoms with van der Waals surface area (Å²) >= 11 is 0. The van der Waals surface area contributed by atoms with E-state index in [0.717, 1.165) is 32.4 Å². The van der Waals surface area contributed by atoms with Gasteiger partial charge in [0.2, 0.25) is 0 Å². The van der Waals surface area contributed by atoms with Crippen LogP contribution < -0.4 is 10.6 Å². The Kier molecular flexibility index (Phi) is 2.90. The molecule has 92 valence electrons. The van der Waals surface area contributed by atoms with Crippen molar-refractivity contribution in [3.05, 3.63) is 35.4 Å². The number of β-amino-alcohol motifs (C(OH)–C–C–N with tert-alkyl or cyclic N) is 1. The fourth-order valence-electron chi connectivity index (χ4n) is 3.14. The molecule has 2 aliphatic heterocycles. The molecular weight excluding hydrogens is 212 g/mol. The molecule has 0 aliphatic carbocycles. The summed E-state index contributed by atoms with van der Waals surface area (Å²) in [5.74, 6) is 0. The number of aliphatic hydroxyl groups is 1. The van der Waals surface area contributed by atoms with Gasteiger partial charge in [-0.2, -0.15) is 0 Å². The van der Waals surface area contributed by atoms with Gasteiger partial charge in [-0.3, -0.25) is 0 Å². The second-order valence-corrected chi connectivity index (χ2v) is 5.22. The maximum atomic E-state index is 10.8. The average molecular weight is 232 g/mol. The standard InChI is InChI=1S/C14H20N2O/c17-14(7-3-8-15-10-14)13-12-5-2-1-4-11(12)6-9-16-13/h1-2,4-5,13,15-17H,3,6-10H2. The minimum absolute atomic E-state index is 0.0836. The maximum absolute atomic E-state index is 10.8. The molecule has 2 aliphatic rings. The highest BCUT2D eigenvalue weighted by Gasteiger charge is 2.40. The molecule has 2 unspecified atom stereocenters. The van der Waals surface area contributed by atoms with Crippen LogP contribution in [0.15, 0.2) is 24.3 Å². The molecule has 0 saturated carbocycles. The molecule has 0 spiro atoms. The Morgan fingerprint density at radius 1 is 1.24 bits per heavy atom. The predicted molar refractivity (Wildman–Crippen MR) is 67.9 cm³/mol. The van der Waals surface area contributed by atoms with Crippen molar-refractivity contribution in [2.24, 2.45) is 0 Å². The third kappa shape index (κ3) is 1.99. The molecule has 3 nitrogen and oxygen atoms in total. The Morgan fingerprint density at radius 2 is 2.12 bits per heavy atom. The molecule has 1 saturated heterocycles. The molecule has 0 radical (unpaired) electrons. The first-order valence-corrected chi connectivity index (χ1v) is 6.54. The van der Waals surface area contributed by atoms with Gasteiger partial charge in [0.25, 0.3) is 0 Å². The molecule has 3 rings (SSSR count). The SMILES string of the molecule is OC1(C2NCCc3ccccc32)CCCNC1. The molecular formula is C14H20N2O. The second-order valence-electron chi connectivity index (χ2n) is 5.22. The minimum atomic E-state index is -0.630. The summed E-state index contributed by atoms with van der Waals surface area (Å²) in [5.41, 5.74) is 2.04. The molecule has 0 bridgehead atoms. The molecule has 0 aromatic heterocycles. The number of fused-ring (bicyclic) bond motifs is 1. The van der Waals surface area contributed by atoms with E-state index in [1.807, 2.05) is 0 Å². The van der Waals surface area contributed by atoms with Crippen molar-refractivity contribution in [1.82, 2.24) is 10.6 Å². The second kappa shape index (κ2) is 4.41. The molecule has 3 N–H and O–H groups in total. The van der Waals surface area contributed by atoms with Crippen molar-refractivity contribution >= 4 is 0 Å². The van der Waals surface area contributed by atoms with Crippen LogP contribution in [0.1, 0.15) is 30.0 Å². The highest BCUT2D eigenvalue weighted by Crippen LogP contribution is 2.35. The lowest BCUT2D eigenvalue weighted by Crippen LogP contribution is -2.55. The van der Waals surface area contributed by atoms with E-state index in [9.17, 15) is 5.11 Å². The van der Waals surface area contributed by atoms with Gasteiger partial charge in [-0.25, -0.2) is 0 Å². The first kappa shape index (κ1) is 11.2. The van der Waals surface area contributed by atoms with Crippen molar-refractivity contribution in [1.29, 1.82) is 0 Å². The van der Waals surface area contributed by atoms with Gasteiger partial charge in [-0.15, -0.1) is 0 Å². The Bertz CT molecular complexity index is 399. The third-order valence-electron chi connectivity index (χ3n) is 4.04. The number of nitrogens with one attached hydrogen (secondary N) is 2. The summed E-state index contributed by atoms with van der Waals surface area (Å²) in [6.07, 6.45) is 3.00. The topological polar surface area (TPSA) is 44.3 Å². The van der Waals surface area contributed by atoms with E-state index in [1.165, 1.54) is 11.1 Å². The number of hydrogen-bond donors (Lipinski definition) is 3. The lowest BCUT2D eigenvalue weighted by Gasteiger charge is -2.42. The van der Waals surface area contributed by atoms with Crippen LogP contribution in [0.5, 0.6) is 0 Å². The lowest BCUT2D eigenvalue weighted by atomic mass is 9.79. The first-order valence-electron chi connectivity index (χ1n) is 6.54. The van der Waals surface area contributed by atoms with Crippen LogP contribution in [-0.4, -0.2) is 30.3 Å². The van der Waals surface area contributed by atoms with Gasteiger partial charge in [-0.05, 0) is 43.5 Å². The van der Waals surface area contributed by atoms with Gasteiger partial charge in [-0.1, -0.05) is 24.3 Å². The van der Waals surface area contributed by atoms with E-state index < -0.39 is 5.60 Å². The van der Waals surface area contributed by atoms with E-state index in [2.05, 4.69) is 34.9 Å². The molecule has 2 heterocycles. The van der Waals surface area contributed by atoms with E-state index in [4.69, 9.17) is 0 Å². The molecule has 1 fully saturated rings. The highest BCUT2D eigenvalue weighted by atomic mass is 16.3. The van der Waals surface area contributed by atoms with Crippen LogP contribution in [0, 0.1) is 0 Å². The highest BCUT2D eigenvalue weighted by molar-refractivity contribution is 5.34. The molecule has 2 atom stereocenters. The molecule has 17 heavy (non-hydrogen) atoms. The predicted octanol–water partition coefficient (Wildman–Crippen LogP) is 0.988. The van der Waals surface area contributed by atoms with Gasteiger partial charge in [0.15, 0.2) is 0 Å². The summed E-state index contributed by atoms with van der Waals surface area (Å²) in [7, 11) is 0. The van der Waals surface area contributed by atoms with Gasteiger partial charge < -0.3 is 15.7 Å². The molecule has 3 heteroatoms. The fourth-order valence-corrected chi connectivity index (χ4v) is 3.14. The Hall–Kier alpha value is -0.900.